The zero-order chi connectivity index (χ0) is 27.1. The first-order valence-electron chi connectivity index (χ1n) is 12.8. The van der Waals surface area contributed by atoms with Crippen LogP contribution in [0.5, 0.6) is 5.75 Å². The maximum atomic E-state index is 13.1. The number of carbonyl (C=O) groups is 2. The Balaban J connectivity index is 1.57. The molecule has 0 atom stereocenters. The Morgan fingerprint density at radius 1 is 0.974 bits per heavy atom. The number of likely N-dealkylation sites (N-methyl/N-ethyl adjacent to an activating group) is 1. The number of nitrogens with one attached hydrogen (secondary N) is 1. The van der Waals surface area contributed by atoms with Crippen LogP contribution in [0.3, 0.4) is 0 Å². The topological polar surface area (TPSA) is 76.5 Å². The summed E-state index contributed by atoms with van der Waals surface area (Å²) in [5, 5.41) is 2.94. The predicted octanol–water partition coefficient (Wildman–Crippen LogP) is 5.70. The van der Waals surface area contributed by atoms with Crippen LogP contribution in [0, 0.1) is 0 Å². The minimum Gasteiger partial charge on any atom is -0.497 e. The first-order valence-corrected chi connectivity index (χ1v) is 12.8. The number of benzene rings is 3. The van der Waals surface area contributed by atoms with Gasteiger partial charge in [0.05, 0.1) is 25.8 Å². The van der Waals surface area contributed by atoms with Crippen LogP contribution in [0.25, 0.3) is 16.9 Å². The van der Waals surface area contributed by atoms with Crippen LogP contribution >= 0.6 is 0 Å². The van der Waals surface area contributed by atoms with Crippen molar-refractivity contribution in [3.63, 3.8) is 0 Å². The zero-order valence-corrected chi connectivity index (χ0v) is 22.3. The number of hydrogen-bond acceptors (Lipinski definition) is 4. The Labute approximate surface area is 224 Å². The van der Waals surface area contributed by atoms with Crippen LogP contribution in [-0.2, 0) is 16.0 Å². The molecule has 0 radical (unpaired) electrons. The lowest BCUT2D eigenvalue weighted by molar-refractivity contribution is -0.133. The van der Waals surface area contributed by atoms with Gasteiger partial charge in [-0.25, -0.2) is 4.98 Å². The Hall–Kier alpha value is -4.39. The quantitative estimate of drug-likeness (QED) is 0.297. The normalized spacial score (nSPS) is 10.9. The molecular weight excluding hydrogens is 476 g/mol. The van der Waals surface area contributed by atoms with Gasteiger partial charge in [0.2, 0.25) is 17.8 Å². The van der Waals surface area contributed by atoms with E-state index >= 15 is 0 Å². The van der Waals surface area contributed by atoms with E-state index < -0.39 is 0 Å². The highest BCUT2D eigenvalue weighted by Crippen LogP contribution is 2.27. The van der Waals surface area contributed by atoms with E-state index in [-0.39, 0.29) is 24.8 Å². The maximum absolute atomic E-state index is 13.1. The number of aromatic nitrogens is 2. The summed E-state index contributed by atoms with van der Waals surface area (Å²) in [5.41, 5.74) is 4.63. The van der Waals surface area contributed by atoms with Gasteiger partial charge in [-0.2, -0.15) is 0 Å². The highest BCUT2D eigenvalue weighted by molar-refractivity contribution is 5.94. The molecule has 0 aliphatic heterocycles. The van der Waals surface area contributed by atoms with E-state index in [1.54, 1.807) is 12.0 Å². The average Bonchev–Trinajstić information content (AvgIpc) is 3.35. The van der Waals surface area contributed by atoms with E-state index in [1.165, 1.54) is 5.56 Å². The molecule has 4 aromatic rings. The highest BCUT2D eigenvalue weighted by atomic mass is 16.5. The summed E-state index contributed by atoms with van der Waals surface area (Å²) < 4.78 is 7.14. The molecule has 1 N–H and O–H groups in total. The predicted molar refractivity (Wildman–Crippen MR) is 151 cm³/mol. The van der Waals surface area contributed by atoms with E-state index in [9.17, 15) is 9.59 Å². The molecule has 0 aliphatic rings. The molecule has 196 valence electrons. The molecule has 7 heteroatoms. The van der Waals surface area contributed by atoms with Crippen molar-refractivity contribution >= 4 is 17.8 Å². The van der Waals surface area contributed by atoms with Crippen molar-refractivity contribution in [3.8, 4) is 22.7 Å². The van der Waals surface area contributed by atoms with Crippen LogP contribution in [0.15, 0.2) is 85.1 Å². The summed E-state index contributed by atoms with van der Waals surface area (Å²) in [6.45, 7) is 6.55. The Bertz CT molecular complexity index is 1360. The zero-order valence-electron chi connectivity index (χ0n) is 22.3. The Morgan fingerprint density at radius 2 is 1.66 bits per heavy atom. The minimum atomic E-state index is -0.305. The summed E-state index contributed by atoms with van der Waals surface area (Å²) in [6, 6.07) is 25.4. The second-order valence-corrected chi connectivity index (χ2v) is 9.41. The molecule has 2 amide bonds. The third kappa shape index (κ3) is 6.48. The van der Waals surface area contributed by atoms with Gasteiger partial charge in [0.15, 0.2) is 0 Å². The third-order valence-corrected chi connectivity index (χ3v) is 6.45. The molecule has 0 spiro atoms. The molecule has 0 unspecified atom stereocenters. The summed E-state index contributed by atoms with van der Waals surface area (Å²) in [4.78, 5) is 32.3. The molecule has 1 heterocycles. The second kappa shape index (κ2) is 12.2. The van der Waals surface area contributed by atoms with Gasteiger partial charge in [0, 0.05) is 24.0 Å². The van der Waals surface area contributed by atoms with Crippen LogP contribution in [0.4, 0.5) is 5.95 Å². The van der Waals surface area contributed by atoms with Gasteiger partial charge >= 0.3 is 0 Å². The summed E-state index contributed by atoms with van der Waals surface area (Å²) in [5.74, 6) is 1.16. The van der Waals surface area contributed by atoms with Crippen molar-refractivity contribution in [2.45, 2.75) is 33.1 Å². The average molecular weight is 511 g/mol. The van der Waals surface area contributed by atoms with Gasteiger partial charge in [-0.1, -0.05) is 56.3 Å². The fourth-order valence-corrected chi connectivity index (χ4v) is 4.18. The lowest BCUT2D eigenvalue weighted by Gasteiger charge is -2.20. The number of rotatable bonds is 10. The fraction of sp³-hybridized carbons (Fsp3) is 0.258. The number of amides is 2. The monoisotopic (exact) mass is 510 g/mol. The van der Waals surface area contributed by atoms with Crippen molar-refractivity contribution in [3.05, 3.63) is 96.2 Å². The number of anilines is 1. The van der Waals surface area contributed by atoms with E-state index in [2.05, 4.69) is 31.3 Å². The number of methoxy groups -OCH3 is 1. The summed E-state index contributed by atoms with van der Waals surface area (Å²) in [7, 11) is 1.63. The van der Waals surface area contributed by atoms with Crippen LogP contribution < -0.4 is 10.1 Å². The SMILES string of the molecule is CCN(CC(=O)Nc1nc(-c2ccc(OC)cc2)cn1-c1ccc(C(C)C)cc1)C(=O)Cc1ccccc1. The standard InChI is InChI=1S/C31H34N4O3/c1-5-34(30(37)19-23-9-7-6-8-10-23)21-29(36)33-31-32-28(25-13-17-27(38-4)18-14-25)20-35(31)26-15-11-24(12-16-26)22(2)3/h6-18,20,22H,5,19,21H2,1-4H3,(H,32,33,36). The number of imidazole rings is 1. The molecule has 0 bridgehead atoms. The molecule has 3 aromatic carbocycles. The lowest BCUT2D eigenvalue weighted by atomic mass is 10.0. The van der Waals surface area contributed by atoms with Gasteiger partial charge < -0.3 is 9.64 Å². The number of ether oxygens (including phenoxy) is 1. The Kier molecular flexibility index (Phi) is 8.58. The van der Waals surface area contributed by atoms with E-state index in [0.717, 1.165) is 22.6 Å². The number of hydrogen-bond donors (Lipinski definition) is 1. The van der Waals surface area contributed by atoms with Gasteiger partial charge in [-0.3, -0.25) is 19.5 Å². The van der Waals surface area contributed by atoms with Gasteiger partial charge in [-0.15, -0.1) is 0 Å². The van der Waals surface area contributed by atoms with Crippen molar-refractivity contribution in [2.75, 3.05) is 25.5 Å². The molecular formula is C31H34N4O3. The molecule has 0 fully saturated rings. The minimum absolute atomic E-state index is 0.0564. The van der Waals surface area contributed by atoms with Gasteiger partial charge in [0.25, 0.3) is 0 Å². The Morgan fingerprint density at radius 3 is 2.26 bits per heavy atom. The van der Waals surface area contributed by atoms with E-state index in [0.29, 0.717) is 24.1 Å². The van der Waals surface area contributed by atoms with E-state index in [1.807, 2.05) is 84.4 Å². The molecule has 1 aromatic heterocycles. The van der Waals surface area contributed by atoms with Gasteiger partial charge in [-0.05, 0) is 60.4 Å². The number of carbonyl (C=O) groups excluding carboxylic acids is 2. The smallest absolute Gasteiger partial charge is 0.246 e. The van der Waals surface area contributed by atoms with Gasteiger partial charge in [0.1, 0.15) is 5.75 Å². The lowest BCUT2D eigenvalue weighted by Crippen LogP contribution is -2.39. The van der Waals surface area contributed by atoms with Crippen molar-refractivity contribution in [2.24, 2.45) is 0 Å². The maximum Gasteiger partial charge on any atom is 0.246 e. The summed E-state index contributed by atoms with van der Waals surface area (Å²) in [6.07, 6.45) is 2.15. The van der Waals surface area contributed by atoms with Crippen LogP contribution in [-0.4, -0.2) is 46.5 Å². The van der Waals surface area contributed by atoms with Crippen LogP contribution in [0.2, 0.25) is 0 Å². The fourth-order valence-electron chi connectivity index (χ4n) is 4.18. The molecule has 7 nitrogen and oxygen atoms in total. The first kappa shape index (κ1) is 26.7. The summed E-state index contributed by atoms with van der Waals surface area (Å²) >= 11 is 0. The molecule has 0 aliphatic carbocycles. The van der Waals surface area contributed by atoms with Crippen LogP contribution in [0.1, 0.15) is 37.8 Å². The first-order chi connectivity index (χ1) is 18.4. The third-order valence-electron chi connectivity index (χ3n) is 6.45. The van der Waals surface area contributed by atoms with Crippen molar-refractivity contribution in [1.82, 2.24) is 14.5 Å². The molecule has 0 saturated heterocycles. The second-order valence-electron chi connectivity index (χ2n) is 9.41. The molecule has 38 heavy (non-hydrogen) atoms. The molecule has 0 saturated carbocycles. The van der Waals surface area contributed by atoms with E-state index in [4.69, 9.17) is 9.72 Å². The van der Waals surface area contributed by atoms with Crippen molar-refractivity contribution < 1.29 is 14.3 Å². The van der Waals surface area contributed by atoms with Crippen molar-refractivity contribution in [1.29, 1.82) is 0 Å². The number of nitrogens with zero attached hydrogens (tertiary/aromatic N) is 3. The molecule has 4 rings (SSSR count). The highest BCUT2D eigenvalue weighted by Gasteiger charge is 2.19. The largest absolute Gasteiger partial charge is 0.497 e.